The van der Waals surface area contributed by atoms with Crippen LogP contribution in [0.1, 0.15) is 36.5 Å². The highest BCUT2D eigenvalue weighted by Crippen LogP contribution is 2.36. The first kappa shape index (κ1) is 19.4. The van der Waals surface area contributed by atoms with Crippen molar-refractivity contribution in [3.63, 3.8) is 0 Å². The largest absolute Gasteiger partial charge is 0.442 e. The third-order valence-corrected chi connectivity index (χ3v) is 7.32. The van der Waals surface area contributed by atoms with Crippen LogP contribution in [0, 0.1) is 11.8 Å². The van der Waals surface area contributed by atoms with Gasteiger partial charge in [0.05, 0.1) is 16.5 Å². The average Bonchev–Trinajstić information content (AvgIpc) is 2.74. The van der Waals surface area contributed by atoms with Gasteiger partial charge in [-0.15, -0.1) is 5.92 Å². The van der Waals surface area contributed by atoms with Gasteiger partial charge in [-0.2, -0.15) is 0 Å². The van der Waals surface area contributed by atoms with E-state index in [4.69, 9.17) is 4.74 Å². The normalized spacial score (nSPS) is 14.4. The summed E-state index contributed by atoms with van der Waals surface area (Å²) in [6, 6.07) is 28.8. The molecule has 1 fully saturated rings. The lowest BCUT2D eigenvalue weighted by atomic mass is 9.80. The number of carbonyl (C=O) groups is 1. The molecule has 3 aromatic carbocycles. The molecule has 0 aliphatic heterocycles. The Balaban J connectivity index is 1.61. The van der Waals surface area contributed by atoms with Gasteiger partial charge in [0.15, 0.2) is 20.3 Å². The minimum absolute atomic E-state index is 0.223. The smallest absolute Gasteiger partial charge is 0.339 e. The highest BCUT2D eigenvalue weighted by atomic mass is 32.2. The number of esters is 1. The fraction of sp³-hybridized carbons (Fsp3) is 0.192. The summed E-state index contributed by atoms with van der Waals surface area (Å²) in [7, 11) is -0.223. The molecular formula is C26H23O2S+. The predicted octanol–water partition coefficient (Wildman–Crippen LogP) is 5.88. The molecule has 29 heavy (non-hydrogen) atoms. The quantitative estimate of drug-likeness (QED) is 0.304. The van der Waals surface area contributed by atoms with E-state index in [1.807, 2.05) is 36.4 Å². The van der Waals surface area contributed by atoms with Gasteiger partial charge in [0, 0.05) is 0 Å². The molecule has 0 heterocycles. The van der Waals surface area contributed by atoms with Crippen LogP contribution in [-0.4, -0.2) is 11.6 Å². The molecule has 3 heteroatoms. The van der Waals surface area contributed by atoms with Crippen LogP contribution in [0.5, 0.6) is 0 Å². The first-order chi connectivity index (χ1) is 14.2. The summed E-state index contributed by atoms with van der Waals surface area (Å²) in [5.74, 6) is 5.69. The zero-order valence-corrected chi connectivity index (χ0v) is 17.2. The molecule has 1 aliphatic carbocycles. The van der Waals surface area contributed by atoms with Crippen LogP contribution in [0.15, 0.2) is 99.6 Å². The lowest BCUT2D eigenvalue weighted by molar-refractivity contribution is -0.0258. The van der Waals surface area contributed by atoms with E-state index in [0.29, 0.717) is 5.56 Å². The Hall–Kier alpha value is -2.96. The fourth-order valence-electron chi connectivity index (χ4n) is 3.46. The second-order valence-corrected chi connectivity index (χ2v) is 9.10. The molecule has 0 aromatic heterocycles. The van der Waals surface area contributed by atoms with Gasteiger partial charge in [-0.1, -0.05) is 42.3 Å². The van der Waals surface area contributed by atoms with E-state index in [-0.39, 0.29) is 16.9 Å². The topological polar surface area (TPSA) is 26.3 Å². The van der Waals surface area contributed by atoms with Crippen LogP contribution in [0.25, 0.3) is 0 Å². The second kappa shape index (κ2) is 8.59. The maximum absolute atomic E-state index is 12.7. The summed E-state index contributed by atoms with van der Waals surface area (Å²) in [5.41, 5.74) is -0.00864. The molecule has 0 bridgehead atoms. The van der Waals surface area contributed by atoms with E-state index in [9.17, 15) is 4.79 Å². The number of ether oxygens (including phenoxy) is 1. The highest BCUT2D eigenvalue weighted by molar-refractivity contribution is 7.97. The lowest BCUT2D eigenvalue weighted by Gasteiger charge is -2.36. The number of hydrogen-bond acceptors (Lipinski definition) is 2. The van der Waals surface area contributed by atoms with Crippen LogP contribution in [-0.2, 0) is 15.6 Å². The number of benzene rings is 3. The zero-order valence-electron chi connectivity index (χ0n) is 16.4. The number of carbonyl (C=O) groups excluding carboxylic acids is 1. The minimum Gasteiger partial charge on any atom is -0.442 e. The summed E-state index contributed by atoms with van der Waals surface area (Å²) in [4.78, 5) is 16.3. The van der Waals surface area contributed by atoms with E-state index in [2.05, 4.69) is 60.4 Å². The average molecular weight is 400 g/mol. The van der Waals surface area contributed by atoms with Crippen molar-refractivity contribution < 1.29 is 9.53 Å². The van der Waals surface area contributed by atoms with E-state index >= 15 is 0 Å². The van der Waals surface area contributed by atoms with Gasteiger partial charge >= 0.3 is 5.97 Å². The summed E-state index contributed by atoms with van der Waals surface area (Å²) < 4.78 is 5.76. The van der Waals surface area contributed by atoms with Crippen molar-refractivity contribution in [3.05, 3.63) is 90.5 Å². The molecule has 2 nitrogen and oxygen atoms in total. The Kier molecular flexibility index (Phi) is 5.74. The van der Waals surface area contributed by atoms with Gasteiger partial charge in [0.2, 0.25) is 0 Å². The third kappa shape index (κ3) is 4.23. The standard InChI is InChI=1S/C26H23O2S/c1-2-18-26(19-9-20-26)28-25(27)21-14-16-24(17-15-21)29(22-10-5-3-6-11-22)23-12-7-4-8-13-23/h3-8,10-17H,9,19-20H2,1H3/q+1. The first-order valence-electron chi connectivity index (χ1n) is 9.82. The Morgan fingerprint density at radius 3 is 1.79 bits per heavy atom. The molecule has 1 aliphatic rings. The Morgan fingerprint density at radius 2 is 1.34 bits per heavy atom. The molecule has 0 N–H and O–H groups in total. The van der Waals surface area contributed by atoms with E-state index in [0.717, 1.165) is 19.3 Å². The van der Waals surface area contributed by atoms with Crippen LogP contribution >= 0.6 is 0 Å². The van der Waals surface area contributed by atoms with Crippen molar-refractivity contribution >= 4 is 16.9 Å². The van der Waals surface area contributed by atoms with E-state index < -0.39 is 5.60 Å². The molecule has 0 radical (unpaired) electrons. The molecule has 0 unspecified atom stereocenters. The van der Waals surface area contributed by atoms with Crippen LogP contribution in [0.2, 0.25) is 0 Å². The van der Waals surface area contributed by atoms with Crippen molar-refractivity contribution in [1.82, 2.24) is 0 Å². The van der Waals surface area contributed by atoms with Crippen LogP contribution in [0.4, 0.5) is 0 Å². The molecular weight excluding hydrogens is 376 g/mol. The van der Waals surface area contributed by atoms with E-state index in [1.54, 1.807) is 6.92 Å². The molecule has 0 spiro atoms. The maximum atomic E-state index is 12.7. The third-order valence-electron chi connectivity index (χ3n) is 5.09. The Morgan fingerprint density at radius 1 is 0.828 bits per heavy atom. The first-order valence-corrected chi connectivity index (χ1v) is 11.0. The highest BCUT2D eigenvalue weighted by Gasteiger charge is 2.39. The lowest BCUT2D eigenvalue weighted by Crippen LogP contribution is -2.40. The SMILES string of the molecule is CC#CC1(OC(=O)c2ccc([S+](c3ccccc3)c3ccccc3)cc2)CCC1. The van der Waals surface area contributed by atoms with E-state index in [1.165, 1.54) is 14.7 Å². The van der Waals surface area contributed by atoms with Crippen LogP contribution < -0.4 is 0 Å². The Bertz CT molecular complexity index is 987. The summed E-state index contributed by atoms with van der Waals surface area (Å²) in [6.07, 6.45) is 2.70. The van der Waals surface area contributed by atoms with Gasteiger partial charge in [-0.25, -0.2) is 4.79 Å². The minimum atomic E-state index is -0.580. The molecule has 1 saturated carbocycles. The van der Waals surface area contributed by atoms with Gasteiger partial charge < -0.3 is 4.74 Å². The molecule has 144 valence electrons. The van der Waals surface area contributed by atoms with Crippen molar-refractivity contribution in [2.45, 2.75) is 46.5 Å². The van der Waals surface area contributed by atoms with Crippen molar-refractivity contribution in [2.24, 2.45) is 0 Å². The van der Waals surface area contributed by atoms with Gasteiger partial charge in [0.25, 0.3) is 0 Å². The molecule has 4 rings (SSSR count). The molecule has 0 atom stereocenters. The van der Waals surface area contributed by atoms with Crippen molar-refractivity contribution in [1.29, 1.82) is 0 Å². The molecule has 3 aromatic rings. The second-order valence-electron chi connectivity index (χ2n) is 7.07. The monoisotopic (exact) mass is 399 g/mol. The molecule has 0 saturated heterocycles. The van der Waals surface area contributed by atoms with Crippen molar-refractivity contribution in [3.8, 4) is 11.8 Å². The summed E-state index contributed by atoms with van der Waals surface area (Å²) >= 11 is 0. The van der Waals surface area contributed by atoms with Gasteiger partial charge in [-0.05, 0) is 74.7 Å². The zero-order chi connectivity index (χ0) is 20.1. The van der Waals surface area contributed by atoms with Crippen molar-refractivity contribution in [2.75, 3.05) is 0 Å². The number of rotatable bonds is 5. The van der Waals surface area contributed by atoms with Crippen LogP contribution in [0.3, 0.4) is 0 Å². The fourth-order valence-corrected chi connectivity index (χ4v) is 5.55. The van der Waals surface area contributed by atoms with Gasteiger partial charge in [0.1, 0.15) is 0 Å². The summed E-state index contributed by atoms with van der Waals surface area (Å²) in [5, 5.41) is 0. The number of hydrogen-bond donors (Lipinski definition) is 0. The van der Waals surface area contributed by atoms with Gasteiger partial charge in [-0.3, -0.25) is 0 Å². The Labute approximate surface area is 175 Å². The summed E-state index contributed by atoms with van der Waals surface area (Å²) in [6.45, 7) is 1.79. The maximum Gasteiger partial charge on any atom is 0.339 e. The molecule has 0 amide bonds. The predicted molar refractivity (Wildman–Crippen MR) is 117 cm³/mol.